The summed E-state index contributed by atoms with van der Waals surface area (Å²) < 4.78 is 16.5. The molecule has 1 saturated heterocycles. The molecule has 2 heterocycles. The molecule has 8 nitrogen and oxygen atoms in total. The summed E-state index contributed by atoms with van der Waals surface area (Å²) in [6.07, 6.45) is 5.89. The number of aliphatic hydroxyl groups is 1. The number of likely N-dealkylation sites (tertiary alicyclic amines) is 1. The number of hydrogen-bond donors (Lipinski definition) is 2. The number of ether oxygens (including phenoxy) is 3. The number of nitrogens with one attached hydrogen (secondary N) is 1. The summed E-state index contributed by atoms with van der Waals surface area (Å²) in [6, 6.07) is 12.8. The van der Waals surface area contributed by atoms with Gasteiger partial charge < -0.3 is 24.6 Å². The lowest BCUT2D eigenvalue weighted by atomic mass is 9.99. The Hall–Kier alpha value is -3.10. The number of nitrogens with zero attached hydrogens (tertiary/aromatic N) is 1. The number of benzene rings is 2. The molecule has 2 aromatic carbocycles. The molecule has 3 aliphatic rings. The molecule has 2 bridgehead atoms. The van der Waals surface area contributed by atoms with E-state index >= 15 is 0 Å². The number of unbranched alkanes of at least 4 members (excludes halogenated alkanes) is 2. The molecule has 39 heavy (non-hydrogen) atoms. The maximum absolute atomic E-state index is 13.0. The van der Waals surface area contributed by atoms with Crippen molar-refractivity contribution >= 4 is 11.7 Å². The Morgan fingerprint density at radius 3 is 2.51 bits per heavy atom. The minimum absolute atomic E-state index is 0.0672. The Kier molecular flexibility index (Phi) is 9.04. The first kappa shape index (κ1) is 27.5. The van der Waals surface area contributed by atoms with Crippen molar-refractivity contribution in [3.05, 3.63) is 53.6 Å². The Labute approximate surface area is 230 Å². The quantitative estimate of drug-likeness (QED) is 0.291. The van der Waals surface area contributed by atoms with Crippen molar-refractivity contribution in [3.8, 4) is 17.2 Å². The van der Waals surface area contributed by atoms with E-state index in [1.54, 1.807) is 31.4 Å². The van der Waals surface area contributed by atoms with Crippen molar-refractivity contribution in [2.75, 3.05) is 33.4 Å². The highest BCUT2D eigenvalue weighted by atomic mass is 16.6. The molecule has 2 N–H and O–H groups in total. The van der Waals surface area contributed by atoms with Crippen molar-refractivity contribution < 1.29 is 28.9 Å². The third-order valence-electron chi connectivity index (χ3n) is 8.31. The number of amides is 1. The van der Waals surface area contributed by atoms with Gasteiger partial charge in [0.05, 0.1) is 13.2 Å². The fourth-order valence-electron chi connectivity index (χ4n) is 6.15. The van der Waals surface area contributed by atoms with E-state index in [9.17, 15) is 14.7 Å². The monoisotopic (exact) mass is 536 g/mol. The van der Waals surface area contributed by atoms with E-state index in [1.807, 2.05) is 18.2 Å². The zero-order chi connectivity index (χ0) is 27.2. The highest BCUT2D eigenvalue weighted by molar-refractivity contribution is 5.96. The van der Waals surface area contributed by atoms with Gasteiger partial charge in [0.15, 0.2) is 17.3 Å². The number of aliphatic hydroxyl groups excluding tert-OH is 1. The van der Waals surface area contributed by atoms with Crippen LogP contribution in [-0.2, 0) is 4.79 Å². The standard InChI is InChI=1S/C31H40N2O6/c1-37-25-12-8-22(9-13-25)27(34)5-3-2-4-6-30(35)32-26(20-33-19-21-7-11-24(33)17-21)31(36)23-10-14-28-29(18-23)39-16-15-38-28/h8-10,12-14,18,21,24,26,31,36H,2-7,11,15-17,19-20H2,1H3,(H,32,35)/t21?,24?,26-,31-/m1/s1. The van der Waals surface area contributed by atoms with E-state index in [0.717, 1.165) is 31.1 Å². The molecular weight excluding hydrogens is 496 g/mol. The maximum Gasteiger partial charge on any atom is 0.220 e. The van der Waals surface area contributed by atoms with E-state index < -0.39 is 12.1 Å². The first-order valence-corrected chi connectivity index (χ1v) is 14.3. The molecule has 4 atom stereocenters. The van der Waals surface area contributed by atoms with E-state index in [1.165, 1.54) is 19.3 Å². The fourth-order valence-corrected chi connectivity index (χ4v) is 6.15. The van der Waals surface area contributed by atoms with Crippen LogP contribution in [0.3, 0.4) is 0 Å². The molecule has 0 spiro atoms. The van der Waals surface area contributed by atoms with Crippen LogP contribution in [0.2, 0.25) is 0 Å². The summed E-state index contributed by atoms with van der Waals surface area (Å²) in [5.41, 5.74) is 1.39. The van der Waals surface area contributed by atoms with Crippen molar-refractivity contribution in [3.63, 3.8) is 0 Å². The van der Waals surface area contributed by atoms with Crippen LogP contribution < -0.4 is 19.5 Å². The Morgan fingerprint density at radius 2 is 1.79 bits per heavy atom. The SMILES string of the molecule is COc1ccc(C(=O)CCCCCC(=O)N[C@H](CN2CC3CCC2C3)[C@H](O)c2ccc3c(c2)OCCO3)cc1. The van der Waals surface area contributed by atoms with Crippen LogP contribution >= 0.6 is 0 Å². The summed E-state index contributed by atoms with van der Waals surface area (Å²) in [7, 11) is 1.60. The highest BCUT2D eigenvalue weighted by Crippen LogP contribution is 2.38. The maximum atomic E-state index is 13.0. The average Bonchev–Trinajstić information content (AvgIpc) is 3.59. The lowest BCUT2D eigenvalue weighted by Gasteiger charge is -2.33. The van der Waals surface area contributed by atoms with Gasteiger partial charge in [-0.3, -0.25) is 14.5 Å². The molecule has 2 fully saturated rings. The van der Waals surface area contributed by atoms with E-state index in [0.29, 0.717) is 67.7 Å². The van der Waals surface area contributed by atoms with Crippen LogP contribution in [-0.4, -0.2) is 67.2 Å². The smallest absolute Gasteiger partial charge is 0.220 e. The van der Waals surface area contributed by atoms with Crippen LogP contribution in [0.4, 0.5) is 0 Å². The molecule has 1 aliphatic carbocycles. The van der Waals surface area contributed by atoms with Crippen molar-refractivity contribution in [2.24, 2.45) is 5.92 Å². The number of rotatable bonds is 13. The summed E-state index contributed by atoms with van der Waals surface area (Å²) in [6.45, 7) is 2.65. The largest absolute Gasteiger partial charge is 0.497 e. The van der Waals surface area contributed by atoms with Gasteiger partial charge in [0.1, 0.15) is 25.1 Å². The van der Waals surface area contributed by atoms with E-state index in [2.05, 4.69) is 10.2 Å². The molecule has 2 unspecified atom stereocenters. The van der Waals surface area contributed by atoms with Gasteiger partial charge >= 0.3 is 0 Å². The second-order valence-corrected chi connectivity index (χ2v) is 11.0. The van der Waals surface area contributed by atoms with Crippen molar-refractivity contribution in [2.45, 2.75) is 69.6 Å². The number of Topliss-reactive ketones (excluding diaryl/α,β-unsaturated/α-hetero) is 1. The number of carbonyl (C=O) groups is 2. The molecular formula is C31H40N2O6. The summed E-state index contributed by atoms with van der Waals surface area (Å²) >= 11 is 0. The van der Waals surface area contributed by atoms with Gasteiger partial charge in [0.25, 0.3) is 0 Å². The second kappa shape index (κ2) is 12.8. The van der Waals surface area contributed by atoms with Crippen LogP contribution in [0.25, 0.3) is 0 Å². The summed E-state index contributed by atoms with van der Waals surface area (Å²) in [4.78, 5) is 27.8. The number of piperidine rings is 1. The lowest BCUT2D eigenvalue weighted by Crippen LogP contribution is -2.49. The van der Waals surface area contributed by atoms with Crippen LogP contribution in [0, 0.1) is 5.92 Å². The van der Waals surface area contributed by atoms with Crippen LogP contribution in [0.1, 0.15) is 73.4 Å². The Balaban J connectivity index is 1.13. The fraction of sp³-hybridized carbons (Fsp3) is 0.548. The third-order valence-corrected chi connectivity index (χ3v) is 8.31. The summed E-state index contributed by atoms with van der Waals surface area (Å²) in [5.74, 6) is 2.81. The predicted molar refractivity (Wildman–Crippen MR) is 147 cm³/mol. The second-order valence-electron chi connectivity index (χ2n) is 11.0. The minimum Gasteiger partial charge on any atom is -0.497 e. The van der Waals surface area contributed by atoms with Crippen LogP contribution in [0.15, 0.2) is 42.5 Å². The predicted octanol–water partition coefficient (Wildman–Crippen LogP) is 4.30. The van der Waals surface area contributed by atoms with E-state index in [4.69, 9.17) is 14.2 Å². The van der Waals surface area contributed by atoms with Gasteiger partial charge in [-0.15, -0.1) is 0 Å². The van der Waals surface area contributed by atoms with E-state index in [-0.39, 0.29) is 11.7 Å². The zero-order valence-electron chi connectivity index (χ0n) is 22.8. The number of fused-ring (bicyclic) bond motifs is 3. The molecule has 5 rings (SSSR count). The molecule has 0 radical (unpaired) electrons. The lowest BCUT2D eigenvalue weighted by molar-refractivity contribution is -0.123. The molecule has 2 aromatic rings. The van der Waals surface area contributed by atoms with Gasteiger partial charge in [-0.2, -0.15) is 0 Å². The first-order valence-electron chi connectivity index (χ1n) is 14.3. The number of ketones is 1. The summed E-state index contributed by atoms with van der Waals surface area (Å²) in [5, 5.41) is 14.5. The number of hydrogen-bond acceptors (Lipinski definition) is 7. The number of carbonyl (C=O) groups excluding carboxylic acids is 2. The van der Waals surface area contributed by atoms with Gasteiger partial charge in [0, 0.05) is 37.5 Å². The first-order chi connectivity index (χ1) is 19.0. The van der Waals surface area contributed by atoms with Gasteiger partial charge in [-0.05, 0) is 80.0 Å². The van der Waals surface area contributed by atoms with Gasteiger partial charge in [0.2, 0.25) is 5.91 Å². The molecule has 0 aromatic heterocycles. The van der Waals surface area contributed by atoms with Crippen molar-refractivity contribution in [1.29, 1.82) is 0 Å². The molecule has 210 valence electrons. The zero-order valence-corrected chi connectivity index (χ0v) is 22.8. The Morgan fingerprint density at radius 1 is 1.03 bits per heavy atom. The molecule has 8 heteroatoms. The average molecular weight is 537 g/mol. The van der Waals surface area contributed by atoms with Gasteiger partial charge in [-0.1, -0.05) is 12.5 Å². The van der Waals surface area contributed by atoms with Crippen molar-refractivity contribution in [1.82, 2.24) is 10.2 Å². The molecule has 1 saturated carbocycles. The van der Waals surface area contributed by atoms with Crippen LogP contribution in [0.5, 0.6) is 17.2 Å². The molecule has 1 amide bonds. The number of methoxy groups -OCH3 is 1. The van der Waals surface area contributed by atoms with Gasteiger partial charge in [-0.25, -0.2) is 0 Å². The Bertz CT molecular complexity index is 1140. The third kappa shape index (κ3) is 6.92. The highest BCUT2D eigenvalue weighted by Gasteiger charge is 2.39. The normalized spacial score (nSPS) is 21.4. The molecule has 2 aliphatic heterocycles. The topological polar surface area (TPSA) is 97.3 Å². The minimum atomic E-state index is -0.856.